The lowest BCUT2D eigenvalue weighted by Gasteiger charge is -2.06. The Bertz CT molecular complexity index is 868. The van der Waals surface area contributed by atoms with Crippen molar-refractivity contribution in [2.45, 2.75) is 25.8 Å². The van der Waals surface area contributed by atoms with Crippen LogP contribution in [0.3, 0.4) is 0 Å². The quantitative estimate of drug-likeness (QED) is 0.651. The van der Waals surface area contributed by atoms with Crippen molar-refractivity contribution in [3.8, 4) is 0 Å². The molecule has 0 aliphatic heterocycles. The Kier molecular flexibility index (Phi) is 5.05. The van der Waals surface area contributed by atoms with Crippen molar-refractivity contribution in [2.24, 2.45) is 0 Å². The van der Waals surface area contributed by atoms with Crippen LogP contribution in [0.15, 0.2) is 53.6 Å². The summed E-state index contributed by atoms with van der Waals surface area (Å²) < 4.78 is 2.07. The first-order valence-corrected chi connectivity index (χ1v) is 8.08. The Balaban J connectivity index is 1.47. The van der Waals surface area contributed by atoms with E-state index in [-0.39, 0.29) is 17.9 Å². The molecule has 0 aliphatic rings. The topological polar surface area (TPSA) is 79.8 Å². The molecule has 0 unspecified atom stereocenters. The molecule has 0 atom stereocenters. The molecule has 0 spiro atoms. The van der Waals surface area contributed by atoms with Crippen molar-refractivity contribution in [1.29, 1.82) is 0 Å². The van der Waals surface area contributed by atoms with E-state index in [1.54, 1.807) is 0 Å². The van der Waals surface area contributed by atoms with E-state index < -0.39 is 0 Å². The largest absolute Gasteiger partial charge is 0.356 e. The fraction of sp³-hybridized carbons (Fsp3) is 0.278. The highest BCUT2D eigenvalue weighted by atomic mass is 16.1. The molecule has 3 rings (SSSR count). The van der Waals surface area contributed by atoms with Crippen LogP contribution in [0, 0.1) is 0 Å². The van der Waals surface area contributed by atoms with Crippen molar-refractivity contribution in [3.63, 3.8) is 0 Å². The number of rotatable bonds is 7. The molecule has 2 aromatic heterocycles. The first kappa shape index (κ1) is 16.0. The number of hydrogen-bond acceptors (Lipinski definition) is 3. The van der Waals surface area contributed by atoms with Crippen LogP contribution in [0.4, 0.5) is 0 Å². The molecule has 6 nitrogen and oxygen atoms in total. The molecule has 1 amide bonds. The predicted molar refractivity (Wildman–Crippen MR) is 92.7 cm³/mol. The number of aryl methyl sites for hydroxylation is 2. The molecule has 24 heavy (non-hydrogen) atoms. The lowest BCUT2D eigenvalue weighted by Crippen LogP contribution is -2.26. The number of hydrogen-bond donors (Lipinski definition) is 2. The molecule has 0 radical (unpaired) electrons. The minimum Gasteiger partial charge on any atom is -0.356 e. The van der Waals surface area contributed by atoms with Crippen LogP contribution in [0.5, 0.6) is 0 Å². The van der Waals surface area contributed by atoms with Gasteiger partial charge in [-0.2, -0.15) is 0 Å². The van der Waals surface area contributed by atoms with Gasteiger partial charge in [-0.15, -0.1) is 0 Å². The maximum Gasteiger partial charge on any atom is 0.270 e. The van der Waals surface area contributed by atoms with E-state index >= 15 is 0 Å². The van der Waals surface area contributed by atoms with E-state index in [1.165, 1.54) is 0 Å². The highest BCUT2D eigenvalue weighted by Crippen LogP contribution is 2.06. The van der Waals surface area contributed by atoms with Gasteiger partial charge in [0, 0.05) is 38.3 Å². The summed E-state index contributed by atoms with van der Waals surface area (Å²) in [4.78, 5) is 31.0. The summed E-state index contributed by atoms with van der Waals surface area (Å²) in [6, 6.07) is 11.3. The molecule has 2 heterocycles. The minimum absolute atomic E-state index is 0.0585. The molecule has 0 bridgehead atoms. The second-order valence-corrected chi connectivity index (χ2v) is 5.65. The van der Waals surface area contributed by atoms with Gasteiger partial charge in [-0.25, -0.2) is 4.98 Å². The number of carbonyl (C=O) groups excluding carboxylic acids is 1. The second-order valence-electron chi connectivity index (χ2n) is 5.65. The van der Waals surface area contributed by atoms with Crippen molar-refractivity contribution in [2.75, 3.05) is 6.54 Å². The molecule has 0 saturated heterocycles. The minimum atomic E-state index is -0.228. The zero-order chi connectivity index (χ0) is 16.8. The number of H-pyrrole nitrogens is 1. The normalized spacial score (nSPS) is 10.8. The van der Waals surface area contributed by atoms with Gasteiger partial charge in [0.15, 0.2) is 0 Å². The van der Waals surface area contributed by atoms with Gasteiger partial charge in [0.2, 0.25) is 5.91 Å². The molecule has 1 aromatic carbocycles. The van der Waals surface area contributed by atoms with Gasteiger partial charge in [0.05, 0.1) is 11.0 Å². The number of fused-ring (bicyclic) bond motifs is 1. The third-order valence-electron chi connectivity index (χ3n) is 3.84. The van der Waals surface area contributed by atoms with Crippen molar-refractivity contribution < 1.29 is 4.79 Å². The molecular weight excluding hydrogens is 304 g/mol. The Morgan fingerprint density at radius 1 is 1.17 bits per heavy atom. The van der Waals surface area contributed by atoms with Crippen LogP contribution in [-0.4, -0.2) is 27.0 Å². The molecule has 3 aromatic rings. The third kappa shape index (κ3) is 4.10. The lowest BCUT2D eigenvalue weighted by atomic mass is 10.2. The number of amides is 1. The van der Waals surface area contributed by atoms with Gasteiger partial charge >= 0.3 is 0 Å². The van der Waals surface area contributed by atoms with Crippen LogP contribution in [0.25, 0.3) is 11.0 Å². The second kappa shape index (κ2) is 7.59. The van der Waals surface area contributed by atoms with E-state index in [4.69, 9.17) is 0 Å². The van der Waals surface area contributed by atoms with Crippen LogP contribution < -0.4 is 10.9 Å². The molecule has 0 fully saturated rings. The van der Waals surface area contributed by atoms with Gasteiger partial charge in [-0.05, 0) is 30.7 Å². The van der Waals surface area contributed by atoms with E-state index in [0.29, 0.717) is 24.2 Å². The highest BCUT2D eigenvalue weighted by Gasteiger charge is 2.08. The summed E-state index contributed by atoms with van der Waals surface area (Å²) in [5, 5.41) is 2.88. The number of aromatic amines is 1. The van der Waals surface area contributed by atoms with E-state index in [2.05, 4.69) is 19.9 Å². The van der Waals surface area contributed by atoms with E-state index in [0.717, 1.165) is 18.5 Å². The molecular formula is C18H20N4O2. The third-order valence-corrected chi connectivity index (χ3v) is 3.84. The van der Waals surface area contributed by atoms with Crippen LogP contribution in [-0.2, 0) is 17.8 Å². The van der Waals surface area contributed by atoms with Crippen molar-refractivity contribution in [1.82, 2.24) is 19.9 Å². The number of benzene rings is 1. The van der Waals surface area contributed by atoms with Crippen LogP contribution in [0.2, 0.25) is 0 Å². The predicted octanol–water partition coefficient (Wildman–Crippen LogP) is 1.86. The number of para-hydroxylation sites is 2. The summed E-state index contributed by atoms with van der Waals surface area (Å²) in [5.74, 6) is -0.0585. The summed E-state index contributed by atoms with van der Waals surface area (Å²) in [7, 11) is 0. The first-order valence-electron chi connectivity index (χ1n) is 8.08. The van der Waals surface area contributed by atoms with Crippen molar-refractivity contribution >= 4 is 16.9 Å². The molecule has 0 saturated carbocycles. The summed E-state index contributed by atoms with van der Waals surface area (Å²) in [5.41, 5.74) is 1.62. The van der Waals surface area contributed by atoms with Gasteiger partial charge in [-0.1, -0.05) is 12.1 Å². The Hall–Kier alpha value is -2.89. The smallest absolute Gasteiger partial charge is 0.270 e. The van der Waals surface area contributed by atoms with Gasteiger partial charge in [0.25, 0.3) is 5.56 Å². The fourth-order valence-electron chi connectivity index (χ4n) is 2.57. The van der Waals surface area contributed by atoms with Gasteiger partial charge < -0.3 is 14.9 Å². The SMILES string of the molecule is O=C(CCc1nc2ccccc2[nH]c1=O)NCCCn1cccc1. The maximum atomic E-state index is 12.0. The Morgan fingerprint density at radius 2 is 1.96 bits per heavy atom. The van der Waals surface area contributed by atoms with E-state index in [1.807, 2.05) is 48.8 Å². The number of nitrogens with zero attached hydrogens (tertiary/aromatic N) is 2. The van der Waals surface area contributed by atoms with Crippen LogP contribution >= 0.6 is 0 Å². The standard InChI is InChI=1S/C18H20N4O2/c23-17(19-10-5-13-22-11-3-4-12-22)9-8-16-18(24)21-15-7-2-1-6-14(15)20-16/h1-4,6-7,11-12H,5,8-10,13H2,(H,19,23)(H,21,24). The summed E-state index contributed by atoms with van der Waals surface area (Å²) >= 11 is 0. The lowest BCUT2D eigenvalue weighted by molar-refractivity contribution is -0.121. The monoisotopic (exact) mass is 324 g/mol. The molecule has 124 valence electrons. The summed E-state index contributed by atoms with van der Waals surface area (Å²) in [6.07, 6.45) is 5.47. The Labute approximate surface area is 139 Å². The average molecular weight is 324 g/mol. The number of nitrogens with one attached hydrogen (secondary N) is 2. The average Bonchev–Trinajstić information content (AvgIpc) is 3.10. The number of aromatic nitrogens is 3. The zero-order valence-electron chi connectivity index (χ0n) is 13.4. The van der Waals surface area contributed by atoms with E-state index in [9.17, 15) is 9.59 Å². The fourth-order valence-corrected chi connectivity index (χ4v) is 2.57. The summed E-state index contributed by atoms with van der Waals surface area (Å²) in [6.45, 7) is 1.50. The van der Waals surface area contributed by atoms with Gasteiger partial charge in [0.1, 0.15) is 5.69 Å². The molecule has 2 N–H and O–H groups in total. The maximum absolute atomic E-state index is 12.0. The van der Waals surface area contributed by atoms with Crippen LogP contribution in [0.1, 0.15) is 18.5 Å². The first-order chi connectivity index (χ1) is 11.7. The Morgan fingerprint density at radius 3 is 2.79 bits per heavy atom. The number of carbonyl (C=O) groups is 1. The highest BCUT2D eigenvalue weighted by molar-refractivity contribution is 5.76. The molecule has 6 heteroatoms. The van der Waals surface area contributed by atoms with Crippen molar-refractivity contribution in [3.05, 3.63) is 64.8 Å². The zero-order valence-corrected chi connectivity index (χ0v) is 13.4. The molecule has 0 aliphatic carbocycles. The van der Waals surface area contributed by atoms with Gasteiger partial charge in [-0.3, -0.25) is 9.59 Å².